The Bertz CT molecular complexity index is 1410. The average Bonchev–Trinajstić information content (AvgIpc) is 3.07. The van der Waals surface area contributed by atoms with Crippen LogP contribution in [0.4, 0.5) is 8.78 Å². The lowest BCUT2D eigenvalue weighted by Crippen LogP contribution is -2.55. The maximum Gasteiger partial charge on any atom is 0.251 e. The molecule has 0 aliphatic rings. The molecule has 0 fully saturated rings. The highest BCUT2D eigenvalue weighted by molar-refractivity contribution is 7.91. The first-order chi connectivity index (χ1) is 23.5. The molecule has 0 aliphatic carbocycles. The highest BCUT2D eigenvalue weighted by Crippen LogP contribution is 2.11. The molecular weight excluding hydrogens is 670 g/mol. The average molecular weight is 725 g/mol. The molecule has 50 heavy (non-hydrogen) atoms. The number of rotatable bonds is 18. The topological polar surface area (TPSA) is 186 Å². The third kappa shape index (κ3) is 19.2. The standard InChI is InChI=1S/C27H43N3O7S.C7H6F2.C2H5N/c1-5-8-15-21(29-26(34)20-13-11-10-12-14-20)24(32)23(31)17-28-27(35)22(30-25(33)19(4)7-3)18-38(36,37)16-9-6-2;1-5-2-6(8)4-7(9)3-5;1-2-3/h10-14,21-24,31-32H,4-9,15-18H2,1-3H3,(H,28,35)(H,29,34)(H,30,33);2-4H,1H3;2-3H,1H3. The molecule has 0 heterocycles. The van der Waals surface area contributed by atoms with Crippen molar-refractivity contribution >= 4 is 33.8 Å². The van der Waals surface area contributed by atoms with Gasteiger partial charge < -0.3 is 31.6 Å². The quantitative estimate of drug-likeness (QED) is 0.0971. The lowest BCUT2D eigenvalue weighted by molar-refractivity contribution is -0.127. The number of amides is 3. The van der Waals surface area contributed by atoms with E-state index in [1.54, 1.807) is 51.1 Å². The predicted octanol–water partition coefficient (Wildman–Crippen LogP) is 4.41. The molecule has 0 saturated heterocycles. The number of aryl methyl sites for hydroxylation is 1. The highest BCUT2D eigenvalue weighted by Gasteiger charge is 2.31. The first kappa shape index (κ1) is 46.0. The van der Waals surface area contributed by atoms with Gasteiger partial charge in [-0.25, -0.2) is 17.2 Å². The van der Waals surface area contributed by atoms with Gasteiger partial charge in [0.25, 0.3) is 5.91 Å². The largest absolute Gasteiger partial charge is 0.388 e. The summed E-state index contributed by atoms with van der Waals surface area (Å²) in [5, 5.41) is 35.1. The molecule has 14 heteroatoms. The van der Waals surface area contributed by atoms with Gasteiger partial charge in [-0.15, -0.1) is 0 Å². The number of carbonyl (C=O) groups is 3. The zero-order valence-electron chi connectivity index (χ0n) is 29.7. The third-order valence-corrected chi connectivity index (χ3v) is 8.87. The number of hydrogen-bond donors (Lipinski definition) is 6. The van der Waals surface area contributed by atoms with Crippen LogP contribution < -0.4 is 16.0 Å². The highest BCUT2D eigenvalue weighted by atomic mass is 32.2. The van der Waals surface area contributed by atoms with Gasteiger partial charge in [-0.3, -0.25) is 14.4 Å². The van der Waals surface area contributed by atoms with Gasteiger partial charge in [0.1, 0.15) is 23.8 Å². The summed E-state index contributed by atoms with van der Waals surface area (Å²) in [6.45, 7) is 12.0. The van der Waals surface area contributed by atoms with E-state index < -0.39 is 75.8 Å². The number of aliphatic hydroxyl groups is 2. The summed E-state index contributed by atoms with van der Waals surface area (Å²) >= 11 is 0. The van der Waals surface area contributed by atoms with Crippen molar-refractivity contribution in [1.29, 1.82) is 5.41 Å². The van der Waals surface area contributed by atoms with Crippen LogP contribution in [0.3, 0.4) is 0 Å². The van der Waals surface area contributed by atoms with E-state index in [2.05, 4.69) is 22.5 Å². The fourth-order valence-electron chi connectivity index (χ4n) is 4.31. The molecule has 0 bridgehead atoms. The van der Waals surface area contributed by atoms with E-state index in [-0.39, 0.29) is 11.3 Å². The Kier molecular flexibility index (Phi) is 23.0. The fourth-order valence-corrected chi connectivity index (χ4v) is 5.95. The number of nitrogens with one attached hydrogen (secondary N) is 4. The smallest absolute Gasteiger partial charge is 0.251 e. The normalized spacial score (nSPS) is 13.1. The van der Waals surface area contributed by atoms with Gasteiger partial charge in [-0.05, 0) is 69.2 Å². The SMILES string of the molecule is C=C(CC)C(=O)NC(CS(=O)(=O)CCCC)C(=O)NCC(O)C(O)C(CCCC)NC(=O)c1ccccc1.CC=N.Cc1cc(F)cc(F)c1. The predicted molar refractivity (Wildman–Crippen MR) is 193 cm³/mol. The number of aliphatic hydroxyl groups excluding tert-OH is 2. The summed E-state index contributed by atoms with van der Waals surface area (Å²) in [6, 6.07) is 9.69. The van der Waals surface area contributed by atoms with E-state index in [0.29, 0.717) is 43.2 Å². The monoisotopic (exact) mass is 724 g/mol. The Morgan fingerprint density at radius 1 is 0.960 bits per heavy atom. The number of carbonyl (C=O) groups excluding carboxylic acids is 3. The molecular formula is C36H54F2N4O7S. The summed E-state index contributed by atoms with van der Waals surface area (Å²) in [4.78, 5) is 37.8. The second-order valence-corrected chi connectivity index (χ2v) is 13.8. The molecule has 0 aromatic heterocycles. The zero-order valence-corrected chi connectivity index (χ0v) is 30.5. The van der Waals surface area contributed by atoms with Gasteiger partial charge in [-0.1, -0.05) is 64.8 Å². The summed E-state index contributed by atoms with van der Waals surface area (Å²) in [6.07, 6.45) is 1.65. The molecule has 2 rings (SSSR count). The minimum atomic E-state index is -3.65. The Balaban J connectivity index is 0.00000168. The van der Waals surface area contributed by atoms with Crippen molar-refractivity contribution in [3.8, 4) is 0 Å². The van der Waals surface area contributed by atoms with Gasteiger partial charge >= 0.3 is 0 Å². The van der Waals surface area contributed by atoms with Gasteiger partial charge in [0.15, 0.2) is 9.84 Å². The van der Waals surface area contributed by atoms with Crippen LogP contribution in [0.1, 0.15) is 82.1 Å². The van der Waals surface area contributed by atoms with Gasteiger partial charge in [0, 0.05) is 23.7 Å². The van der Waals surface area contributed by atoms with Crippen LogP contribution in [0.2, 0.25) is 0 Å². The van der Waals surface area contributed by atoms with E-state index in [0.717, 1.165) is 12.5 Å². The molecule has 0 saturated carbocycles. The number of benzene rings is 2. The molecule has 2 aromatic rings. The molecule has 0 spiro atoms. The van der Waals surface area contributed by atoms with Crippen LogP contribution in [-0.4, -0.2) is 84.9 Å². The van der Waals surface area contributed by atoms with Crippen molar-refractivity contribution in [1.82, 2.24) is 16.0 Å². The van der Waals surface area contributed by atoms with Crippen LogP contribution in [0.15, 0.2) is 60.7 Å². The first-order valence-corrected chi connectivity index (χ1v) is 18.4. The van der Waals surface area contributed by atoms with Crippen LogP contribution in [0, 0.1) is 24.0 Å². The number of hydrogen-bond acceptors (Lipinski definition) is 8. The van der Waals surface area contributed by atoms with E-state index in [4.69, 9.17) is 5.41 Å². The Morgan fingerprint density at radius 3 is 2.02 bits per heavy atom. The molecule has 4 atom stereocenters. The van der Waals surface area contributed by atoms with Crippen molar-refractivity contribution < 1.29 is 41.8 Å². The van der Waals surface area contributed by atoms with Gasteiger partial charge in [-0.2, -0.15) is 0 Å². The Labute approximate surface area is 295 Å². The number of halogens is 2. The van der Waals surface area contributed by atoms with Crippen LogP contribution >= 0.6 is 0 Å². The van der Waals surface area contributed by atoms with Gasteiger partial charge in [0.05, 0.1) is 23.7 Å². The molecule has 3 amide bonds. The van der Waals surface area contributed by atoms with E-state index >= 15 is 0 Å². The Hall–Kier alpha value is -4.01. The van der Waals surface area contributed by atoms with Crippen LogP contribution in [-0.2, 0) is 19.4 Å². The lowest BCUT2D eigenvalue weighted by atomic mass is 9.99. The number of unbranched alkanes of at least 4 members (excludes halogenated alkanes) is 2. The molecule has 11 nitrogen and oxygen atoms in total. The van der Waals surface area contributed by atoms with Crippen molar-refractivity contribution in [2.24, 2.45) is 0 Å². The van der Waals surface area contributed by atoms with Crippen LogP contribution in [0.5, 0.6) is 0 Å². The van der Waals surface area contributed by atoms with Crippen LogP contribution in [0.25, 0.3) is 0 Å². The lowest BCUT2D eigenvalue weighted by Gasteiger charge is -2.28. The Morgan fingerprint density at radius 2 is 1.52 bits per heavy atom. The minimum Gasteiger partial charge on any atom is -0.388 e. The molecule has 0 radical (unpaired) electrons. The van der Waals surface area contributed by atoms with Crippen molar-refractivity contribution in [2.45, 2.75) is 97.4 Å². The van der Waals surface area contributed by atoms with E-state index in [1.807, 2.05) is 13.8 Å². The van der Waals surface area contributed by atoms with Crippen molar-refractivity contribution in [2.75, 3.05) is 18.1 Å². The maximum atomic E-state index is 12.9. The van der Waals surface area contributed by atoms with E-state index in [9.17, 15) is 41.8 Å². The third-order valence-electron chi connectivity index (χ3n) is 7.12. The van der Waals surface area contributed by atoms with Crippen molar-refractivity contribution in [3.63, 3.8) is 0 Å². The second kappa shape index (κ2) is 25.0. The molecule has 280 valence electrons. The second-order valence-electron chi connectivity index (χ2n) is 11.6. The number of sulfone groups is 1. The van der Waals surface area contributed by atoms with Crippen molar-refractivity contribution in [3.05, 3.63) is 83.4 Å². The molecule has 2 aromatic carbocycles. The minimum absolute atomic E-state index is 0.126. The van der Waals surface area contributed by atoms with E-state index in [1.165, 1.54) is 18.3 Å². The summed E-state index contributed by atoms with van der Waals surface area (Å²) in [5.74, 6) is -3.63. The summed E-state index contributed by atoms with van der Waals surface area (Å²) in [5.41, 5.74) is 1.20. The summed E-state index contributed by atoms with van der Waals surface area (Å²) in [7, 11) is -3.65. The first-order valence-electron chi connectivity index (χ1n) is 16.6. The molecule has 6 N–H and O–H groups in total. The maximum absolute atomic E-state index is 12.9. The zero-order chi connectivity index (χ0) is 38.3. The molecule has 4 unspecified atom stereocenters. The fraction of sp³-hybridized carbons (Fsp3) is 0.500. The molecule has 0 aliphatic heterocycles. The summed E-state index contributed by atoms with van der Waals surface area (Å²) < 4.78 is 49.4. The van der Waals surface area contributed by atoms with Gasteiger partial charge in [0.2, 0.25) is 11.8 Å².